The minimum absolute atomic E-state index is 0.221. The minimum atomic E-state index is -1.44. The van der Waals surface area contributed by atoms with Gasteiger partial charge in [0.1, 0.15) is 5.69 Å². The highest BCUT2D eigenvalue weighted by Gasteiger charge is 2.45. The summed E-state index contributed by atoms with van der Waals surface area (Å²) >= 11 is 0. The van der Waals surface area contributed by atoms with Crippen LogP contribution in [0.5, 0.6) is 0 Å². The number of esters is 1. The Labute approximate surface area is 173 Å². The molecule has 30 heavy (non-hydrogen) atoms. The molecule has 2 aromatic carbocycles. The molecule has 0 aliphatic rings. The molecule has 2 aromatic heterocycles. The number of carbonyl (C=O) groups excluding carboxylic acids is 2. The maximum absolute atomic E-state index is 13.3. The predicted molar refractivity (Wildman–Crippen MR) is 114 cm³/mol. The average molecular weight is 399 g/mol. The van der Waals surface area contributed by atoms with Crippen LogP contribution in [0.3, 0.4) is 0 Å². The Balaban J connectivity index is 1.89. The van der Waals surface area contributed by atoms with Crippen molar-refractivity contribution in [3.05, 3.63) is 102 Å². The number of nitrogens with one attached hydrogen (secondary N) is 2. The van der Waals surface area contributed by atoms with Crippen LogP contribution in [0.1, 0.15) is 21.6 Å². The van der Waals surface area contributed by atoms with Gasteiger partial charge in [-0.05, 0) is 23.8 Å². The van der Waals surface area contributed by atoms with E-state index in [1.165, 1.54) is 13.3 Å². The molecule has 150 valence electrons. The molecule has 4 aromatic rings. The quantitative estimate of drug-likeness (QED) is 0.485. The maximum atomic E-state index is 13.3. The van der Waals surface area contributed by atoms with Crippen molar-refractivity contribution in [2.24, 2.45) is 0 Å². The van der Waals surface area contributed by atoms with E-state index >= 15 is 0 Å². The van der Waals surface area contributed by atoms with Gasteiger partial charge in [-0.1, -0.05) is 54.6 Å². The van der Waals surface area contributed by atoms with Crippen molar-refractivity contribution in [2.75, 3.05) is 7.11 Å². The van der Waals surface area contributed by atoms with Crippen LogP contribution < -0.4 is 5.32 Å². The zero-order valence-corrected chi connectivity index (χ0v) is 16.5. The number of pyridine rings is 1. The molecular weight excluding hydrogens is 378 g/mol. The fourth-order valence-electron chi connectivity index (χ4n) is 3.70. The number of ether oxygens (including phenoxy) is 1. The smallest absolute Gasteiger partial charge is 0.336 e. The largest absolute Gasteiger partial charge is 0.467 e. The molecule has 2 heterocycles. The summed E-state index contributed by atoms with van der Waals surface area (Å²) in [6.07, 6.45) is 3.52. The predicted octanol–water partition coefficient (Wildman–Crippen LogP) is 3.60. The second-order valence-electron chi connectivity index (χ2n) is 6.98. The molecule has 0 fully saturated rings. The molecule has 2 N–H and O–H groups in total. The maximum Gasteiger partial charge on any atom is 0.336 e. The first-order valence-electron chi connectivity index (χ1n) is 9.56. The van der Waals surface area contributed by atoms with Gasteiger partial charge in [0.05, 0.1) is 7.11 Å². The Kier molecular flexibility index (Phi) is 5.30. The fourth-order valence-corrected chi connectivity index (χ4v) is 3.70. The summed E-state index contributed by atoms with van der Waals surface area (Å²) in [6, 6.07) is 22.2. The highest BCUT2D eigenvalue weighted by atomic mass is 16.5. The Morgan fingerprint density at radius 2 is 1.73 bits per heavy atom. The zero-order chi connectivity index (χ0) is 21.0. The molecule has 0 aliphatic heterocycles. The summed E-state index contributed by atoms with van der Waals surface area (Å²) in [7, 11) is 1.32. The summed E-state index contributed by atoms with van der Waals surface area (Å²) in [6.45, 7) is 0. The lowest BCUT2D eigenvalue weighted by Gasteiger charge is -2.32. The van der Waals surface area contributed by atoms with Crippen LogP contribution in [0.15, 0.2) is 85.2 Å². The van der Waals surface area contributed by atoms with E-state index in [1.54, 1.807) is 24.4 Å². The van der Waals surface area contributed by atoms with Gasteiger partial charge < -0.3 is 15.0 Å². The van der Waals surface area contributed by atoms with E-state index in [0.717, 1.165) is 16.5 Å². The number of carbonyl (C=O) groups is 2. The Morgan fingerprint density at radius 1 is 1.00 bits per heavy atom. The van der Waals surface area contributed by atoms with E-state index in [2.05, 4.69) is 15.3 Å². The van der Waals surface area contributed by atoms with Crippen LogP contribution >= 0.6 is 0 Å². The van der Waals surface area contributed by atoms with Crippen LogP contribution in [-0.4, -0.2) is 29.0 Å². The van der Waals surface area contributed by atoms with Gasteiger partial charge >= 0.3 is 5.97 Å². The summed E-state index contributed by atoms with van der Waals surface area (Å²) in [5.74, 6) is -1.01. The van der Waals surface area contributed by atoms with Crippen LogP contribution in [0.4, 0.5) is 0 Å². The van der Waals surface area contributed by atoms with Gasteiger partial charge in [0.15, 0.2) is 5.54 Å². The topological polar surface area (TPSA) is 84.1 Å². The Bertz CT molecular complexity index is 1170. The molecule has 0 spiro atoms. The molecule has 1 atom stereocenters. The van der Waals surface area contributed by atoms with Crippen molar-refractivity contribution in [3.8, 4) is 0 Å². The van der Waals surface area contributed by atoms with E-state index in [0.29, 0.717) is 5.56 Å². The molecule has 0 saturated heterocycles. The summed E-state index contributed by atoms with van der Waals surface area (Å²) in [5.41, 5.74) is 1.16. The molecular formula is C24H21N3O3. The van der Waals surface area contributed by atoms with E-state index in [4.69, 9.17) is 4.74 Å². The normalized spacial score (nSPS) is 12.8. The van der Waals surface area contributed by atoms with Crippen LogP contribution in [0.25, 0.3) is 10.9 Å². The molecule has 0 bridgehead atoms. The molecule has 6 heteroatoms. The summed E-state index contributed by atoms with van der Waals surface area (Å²) < 4.78 is 5.21. The number of H-pyrrole nitrogens is 1. The number of hydrogen-bond acceptors (Lipinski definition) is 4. The van der Waals surface area contributed by atoms with E-state index < -0.39 is 17.4 Å². The average Bonchev–Trinajstić information content (AvgIpc) is 3.24. The van der Waals surface area contributed by atoms with Gasteiger partial charge in [0.2, 0.25) is 0 Å². The number of amides is 1. The number of hydrogen-bond donors (Lipinski definition) is 2. The number of aromatic amines is 1. The lowest BCUT2D eigenvalue weighted by Crippen LogP contribution is -2.54. The number of aromatic nitrogens is 2. The van der Waals surface area contributed by atoms with Gasteiger partial charge in [-0.2, -0.15) is 0 Å². The highest BCUT2D eigenvalue weighted by Crippen LogP contribution is 2.33. The van der Waals surface area contributed by atoms with Gasteiger partial charge in [-0.15, -0.1) is 0 Å². The molecule has 0 aliphatic carbocycles. The van der Waals surface area contributed by atoms with Gasteiger partial charge in [0, 0.05) is 35.3 Å². The van der Waals surface area contributed by atoms with Gasteiger partial charge in [0.25, 0.3) is 5.91 Å². The Morgan fingerprint density at radius 3 is 2.47 bits per heavy atom. The Hall–Kier alpha value is -3.93. The number of para-hydroxylation sites is 1. The van der Waals surface area contributed by atoms with Crippen molar-refractivity contribution >= 4 is 22.8 Å². The first kappa shape index (κ1) is 19.4. The number of methoxy groups -OCH3 is 1. The molecule has 0 radical (unpaired) electrons. The molecule has 6 nitrogen and oxygen atoms in total. The lowest BCUT2D eigenvalue weighted by molar-refractivity contribution is -0.148. The number of fused-ring (bicyclic) bond motifs is 1. The number of benzene rings is 2. The second kappa shape index (κ2) is 8.21. The van der Waals surface area contributed by atoms with Gasteiger partial charge in [-0.3, -0.25) is 9.78 Å². The van der Waals surface area contributed by atoms with E-state index in [1.807, 2.05) is 54.6 Å². The highest BCUT2D eigenvalue weighted by molar-refractivity contribution is 6.00. The third-order valence-corrected chi connectivity index (χ3v) is 5.12. The second-order valence-corrected chi connectivity index (χ2v) is 6.98. The molecule has 4 rings (SSSR count). The first-order valence-corrected chi connectivity index (χ1v) is 9.56. The number of rotatable bonds is 6. The van der Waals surface area contributed by atoms with E-state index in [-0.39, 0.29) is 12.1 Å². The van der Waals surface area contributed by atoms with Gasteiger partial charge in [-0.25, -0.2) is 4.79 Å². The molecule has 1 unspecified atom stereocenters. The van der Waals surface area contributed by atoms with Crippen molar-refractivity contribution in [1.82, 2.24) is 15.3 Å². The molecule has 0 saturated carbocycles. The van der Waals surface area contributed by atoms with Crippen molar-refractivity contribution in [1.29, 1.82) is 0 Å². The minimum Gasteiger partial charge on any atom is -0.467 e. The van der Waals surface area contributed by atoms with Crippen LogP contribution in [0.2, 0.25) is 0 Å². The third-order valence-electron chi connectivity index (χ3n) is 5.12. The third kappa shape index (κ3) is 3.55. The fraction of sp³-hybridized carbons (Fsp3) is 0.125. The van der Waals surface area contributed by atoms with Crippen LogP contribution in [-0.2, 0) is 21.5 Å². The standard InChI is InChI=1S/C24H21N3O3/c1-30-23(29)24(15-17-9-3-2-4-10-17,27-22(28)21-13-7-8-14-25-21)19-16-26-20-12-6-5-11-18(19)20/h2-14,16,26H,15H2,1H3,(H,27,28). The summed E-state index contributed by atoms with van der Waals surface area (Å²) in [5, 5.41) is 3.78. The lowest BCUT2D eigenvalue weighted by atomic mass is 9.83. The summed E-state index contributed by atoms with van der Waals surface area (Å²) in [4.78, 5) is 33.7. The van der Waals surface area contributed by atoms with Crippen molar-refractivity contribution < 1.29 is 14.3 Å². The monoisotopic (exact) mass is 399 g/mol. The number of nitrogens with zero attached hydrogens (tertiary/aromatic N) is 1. The van der Waals surface area contributed by atoms with Crippen molar-refractivity contribution in [3.63, 3.8) is 0 Å². The first-order chi connectivity index (χ1) is 14.6. The van der Waals surface area contributed by atoms with Crippen LogP contribution in [0, 0.1) is 0 Å². The van der Waals surface area contributed by atoms with E-state index in [9.17, 15) is 9.59 Å². The SMILES string of the molecule is COC(=O)C(Cc1ccccc1)(NC(=O)c1ccccn1)c1c[nH]c2ccccc12. The van der Waals surface area contributed by atoms with Crippen molar-refractivity contribution in [2.45, 2.75) is 12.0 Å². The molecule has 1 amide bonds. The zero-order valence-electron chi connectivity index (χ0n) is 16.5.